The number of benzene rings is 7. The monoisotopic (exact) mass is 893 g/mol. The molecule has 0 saturated carbocycles. The fraction of sp³-hybridized carbons (Fsp3) is 0.164. The van der Waals surface area contributed by atoms with E-state index in [4.69, 9.17) is 4.42 Å². The lowest BCUT2D eigenvalue weighted by molar-refractivity contribution is 0.393. The second kappa shape index (κ2) is 17.4. The lowest BCUT2D eigenvalue weighted by Gasteiger charge is -2.34. The molecule has 0 N–H and O–H groups in total. The van der Waals surface area contributed by atoms with Crippen LogP contribution in [-0.2, 0) is 10.8 Å². The predicted molar refractivity (Wildman–Crippen MR) is 293 cm³/mol. The van der Waals surface area contributed by atoms with Crippen LogP contribution in [0.25, 0.3) is 56.5 Å². The van der Waals surface area contributed by atoms with Crippen molar-refractivity contribution in [2.75, 3.05) is 11.4 Å². The summed E-state index contributed by atoms with van der Waals surface area (Å²) in [4.78, 5) is 2.50. The summed E-state index contributed by atoms with van der Waals surface area (Å²) < 4.78 is 6.52. The van der Waals surface area contributed by atoms with Crippen molar-refractivity contribution in [2.45, 2.75) is 58.3 Å². The predicted octanol–water partition coefficient (Wildman–Crippen LogP) is 16.1. The molecule has 2 unspecified atom stereocenters. The molecule has 2 nitrogen and oxygen atoms in total. The number of hydrogen-bond donors (Lipinski definition) is 0. The number of allylic oxidation sites excluding steroid dienone is 9. The summed E-state index contributed by atoms with van der Waals surface area (Å²) in [5.74, 6) is 0.489. The van der Waals surface area contributed by atoms with Gasteiger partial charge in [-0.05, 0) is 128 Å². The van der Waals surface area contributed by atoms with Crippen LogP contribution in [0.5, 0.6) is 0 Å². The summed E-state index contributed by atoms with van der Waals surface area (Å²) in [5.41, 5.74) is 21.6. The first-order valence-corrected chi connectivity index (χ1v) is 24.5. The first kappa shape index (κ1) is 43.9. The van der Waals surface area contributed by atoms with Crippen molar-refractivity contribution in [3.63, 3.8) is 0 Å². The maximum absolute atomic E-state index is 6.52. The van der Waals surface area contributed by atoms with E-state index in [2.05, 4.69) is 247 Å². The third-order valence-corrected chi connectivity index (χ3v) is 15.3. The Morgan fingerprint density at radius 2 is 1.29 bits per heavy atom. The molecule has 69 heavy (non-hydrogen) atoms. The van der Waals surface area contributed by atoms with Gasteiger partial charge in [-0.25, -0.2) is 0 Å². The maximum Gasteiger partial charge on any atom is 0.142 e. The van der Waals surface area contributed by atoms with Crippen molar-refractivity contribution in [3.05, 3.63) is 262 Å². The number of furan rings is 1. The Morgan fingerprint density at radius 3 is 2.01 bits per heavy atom. The van der Waals surface area contributed by atoms with Crippen LogP contribution in [-0.4, -0.2) is 6.54 Å². The van der Waals surface area contributed by atoms with E-state index in [0.29, 0.717) is 6.54 Å². The minimum atomic E-state index is -0.163. The van der Waals surface area contributed by atoms with Crippen LogP contribution in [0, 0.1) is 5.92 Å². The molecule has 3 aliphatic carbocycles. The summed E-state index contributed by atoms with van der Waals surface area (Å²) >= 11 is 0. The number of para-hydroxylation sites is 1. The van der Waals surface area contributed by atoms with Gasteiger partial charge in [-0.15, -0.1) is 0 Å². The molecule has 1 aromatic heterocycles. The van der Waals surface area contributed by atoms with Crippen molar-refractivity contribution in [2.24, 2.45) is 5.92 Å². The number of nitrogens with zero attached hydrogens (tertiary/aromatic N) is 1. The largest absolute Gasteiger partial charge is 0.455 e. The second-order valence-corrected chi connectivity index (χ2v) is 20.0. The van der Waals surface area contributed by atoms with Crippen molar-refractivity contribution in [3.8, 4) is 22.3 Å². The average Bonchev–Trinajstić information content (AvgIpc) is 3.93. The zero-order valence-electron chi connectivity index (χ0n) is 40.6. The lowest BCUT2D eigenvalue weighted by atomic mass is 9.70. The Balaban J connectivity index is 1.10. The molecule has 0 radical (unpaired) electrons. The van der Waals surface area contributed by atoms with E-state index in [1.807, 2.05) is 18.2 Å². The average molecular weight is 894 g/mol. The molecule has 0 amide bonds. The van der Waals surface area contributed by atoms with Crippen LogP contribution in [0.15, 0.2) is 222 Å². The van der Waals surface area contributed by atoms with Gasteiger partial charge in [0.1, 0.15) is 11.0 Å². The molecule has 1 heterocycles. The van der Waals surface area contributed by atoms with Crippen LogP contribution in [0.1, 0.15) is 80.8 Å². The first-order valence-electron chi connectivity index (χ1n) is 24.5. The molecular formula is C67H59NO. The van der Waals surface area contributed by atoms with Crippen molar-refractivity contribution < 1.29 is 4.42 Å². The highest BCUT2D eigenvalue weighted by Gasteiger charge is 2.51. The SMILES string of the molecule is C=c1/c(=C(\C=C/C)c2ccc(-c3cc(N(C/C=C\C(=C/C)c4ccccc4)c4ccc(-c5ccccc5)cc4)cc4c3C3C=C5C(=CC3C4(C)C)c3ccccc3C5(C)C)cc2)oc2ccccc12. The number of hydrogen-bond acceptors (Lipinski definition) is 2. The van der Waals surface area contributed by atoms with Crippen LogP contribution < -0.4 is 15.5 Å². The van der Waals surface area contributed by atoms with Gasteiger partial charge in [0.25, 0.3) is 0 Å². The highest BCUT2D eigenvalue weighted by Crippen LogP contribution is 2.62. The van der Waals surface area contributed by atoms with Gasteiger partial charge in [-0.1, -0.05) is 216 Å². The summed E-state index contributed by atoms with van der Waals surface area (Å²) in [6, 6.07) is 61.9. The van der Waals surface area contributed by atoms with Gasteiger partial charge in [0.05, 0.1) is 0 Å². The van der Waals surface area contributed by atoms with Crippen LogP contribution in [0.4, 0.5) is 11.4 Å². The minimum Gasteiger partial charge on any atom is -0.455 e. The minimum absolute atomic E-state index is 0.0920. The quantitative estimate of drug-likeness (QED) is 0.127. The molecule has 7 aromatic carbocycles. The third kappa shape index (κ3) is 7.51. The molecule has 2 heteroatoms. The highest BCUT2D eigenvalue weighted by molar-refractivity contribution is 5.93. The zero-order valence-corrected chi connectivity index (χ0v) is 40.6. The molecule has 0 saturated heterocycles. The smallest absolute Gasteiger partial charge is 0.142 e. The van der Waals surface area contributed by atoms with Crippen molar-refractivity contribution >= 4 is 45.6 Å². The molecule has 0 spiro atoms. The summed E-state index contributed by atoms with van der Waals surface area (Å²) in [6.07, 6.45) is 16.3. The number of anilines is 2. The molecule has 0 fully saturated rings. The first-order chi connectivity index (χ1) is 33.6. The normalized spacial score (nSPS) is 18.1. The zero-order chi connectivity index (χ0) is 47.4. The maximum atomic E-state index is 6.52. The summed E-state index contributed by atoms with van der Waals surface area (Å²) in [5, 5.41) is 1.95. The molecule has 0 bridgehead atoms. The molecule has 2 atom stereocenters. The van der Waals surface area contributed by atoms with Gasteiger partial charge in [-0.2, -0.15) is 0 Å². The van der Waals surface area contributed by atoms with Crippen molar-refractivity contribution in [1.82, 2.24) is 0 Å². The van der Waals surface area contributed by atoms with E-state index in [0.717, 1.165) is 38.4 Å². The van der Waals surface area contributed by atoms with Gasteiger partial charge < -0.3 is 9.32 Å². The van der Waals surface area contributed by atoms with Crippen LogP contribution >= 0.6 is 0 Å². The van der Waals surface area contributed by atoms with Crippen LogP contribution in [0.2, 0.25) is 0 Å². The van der Waals surface area contributed by atoms with E-state index >= 15 is 0 Å². The van der Waals surface area contributed by atoms with E-state index in [1.165, 1.54) is 72.5 Å². The number of fused-ring (bicyclic) bond motifs is 7. The highest BCUT2D eigenvalue weighted by atomic mass is 16.3. The molecule has 8 aromatic rings. The lowest BCUT2D eigenvalue weighted by Crippen LogP contribution is -2.27. The van der Waals surface area contributed by atoms with Gasteiger partial charge >= 0.3 is 0 Å². The van der Waals surface area contributed by atoms with E-state index in [-0.39, 0.29) is 22.7 Å². The van der Waals surface area contributed by atoms with Gasteiger partial charge in [0, 0.05) is 45.4 Å². The van der Waals surface area contributed by atoms with Crippen molar-refractivity contribution in [1.29, 1.82) is 0 Å². The summed E-state index contributed by atoms with van der Waals surface area (Å²) in [7, 11) is 0. The summed E-state index contributed by atoms with van der Waals surface area (Å²) in [6.45, 7) is 19.1. The molecule has 3 aliphatic rings. The third-order valence-electron chi connectivity index (χ3n) is 15.3. The molecular weight excluding hydrogens is 835 g/mol. The molecule has 338 valence electrons. The molecule has 11 rings (SSSR count). The van der Waals surface area contributed by atoms with Gasteiger partial charge in [0.15, 0.2) is 0 Å². The van der Waals surface area contributed by atoms with Crippen LogP contribution in [0.3, 0.4) is 0 Å². The Labute approximate surface area is 408 Å². The Hall–Kier alpha value is -7.68. The van der Waals surface area contributed by atoms with E-state index < -0.39 is 0 Å². The Morgan fingerprint density at radius 1 is 0.623 bits per heavy atom. The van der Waals surface area contributed by atoms with E-state index in [9.17, 15) is 0 Å². The van der Waals surface area contributed by atoms with Gasteiger partial charge in [-0.3, -0.25) is 0 Å². The standard InChI is InChI=1S/C67H59NO/c1-8-21-54(65-44(3)53-27-17-19-30-63(53)69-65)49-31-33-50(34-32-49)56-40-52(41-62-64(56)58-43-60-57(42-61(58)67(62,6)7)55-28-16-18-29-59(55)66(60,4)5)68(39-20-26-45(9-2)46-22-12-10-13-23-46)51-37-35-48(36-38-51)47-24-14-11-15-25-47/h8-38,40-43,58,61H,3,39H2,1-2,4-7H3/b21-8-,26-20-,45-9+,65-54-. The molecule has 0 aliphatic heterocycles. The second-order valence-electron chi connectivity index (χ2n) is 20.0. The topological polar surface area (TPSA) is 16.4 Å². The fourth-order valence-electron chi connectivity index (χ4n) is 11.7. The fourth-order valence-corrected chi connectivity index (χ4v) is 11.7. The van der Waals surface area contributed by atoms with Gasteiger partial charge in [0.2, 0.25) is 0 Å². The number of rotatable bonds is 10. The van der Waals surface area contributed by atoms with E-state index in [1.54, 1.807) is 0 Å². The Kier molecular flexibility index (Phi) is 11.1. The Bertz CT molecular complexity index is 3540.